The van der Waals surface area contributed by atoms with E-state index in [1.165, 1.54) is 0 Å². The van der Waals surface area contributed by atoms with Crippen LogP contribution in [0.1, 0.15) is 13.8 Å². The molecule has 1 amide bonds. The lowest BCUT2D eigenvalue weighted by molar-refractivity contribution is -0.116. The van der Waals surface area contributed by atoms with E-state index in [2.05, 4.69) is 5.32 Å². The van der Waals surface area contributed by atoms with E-state index in [9.17, 15) is 4.79 Å². The van der Waals surface area contributed by atoms with Crippen molar-refractivity contribution >= 4 is 5.91 Å². The molecular formula is C9H18N2O. The van der Waals surface area contributed by atoms with E-state index in [4.69, 9.17) is 0 Å². The summed E-state index contributed by atoms with van der Waals surface area (Å²) in [6.07, 6.45) is 3.44. The van der Waals surface area contributed by atoms with Crippen LogP contribution >= 0.6 is 0 Å². The second kappa shape index (κ2) is 4.26. The summed E-state index contributed by atoms with van der Waals surface area (Å²) >= 11 is 0. The summed E-state index contributed by atoms with van der Waals surface area (Å²) in [5.41, 5.74) is -0.0769. The molecule has 12 heavy (non-hydrogen) atoms. The highest BCUT2D eigenvalue weighted by molar-refractivity contribution is 5.87. The minimum Gasteiger partial charge on any atom is -0.356 e. The molecule has 0 atom stereocenters. The third-order valence-electron chi connectivity index (χ3n) is 2.04. The van der Waals surface area contributed by atoms with Crippen molar-refractivity contribution in [1.82, 2.24) is 10.2 Å². The summed E-state index contributed by atoms with van der Waals surface area (Å²) < 4.78 is 0. The molecule has 3 nitrogen and oxygen atoms in total. The SMILES string of the molecule is CNC(=O)/C=C/C(C)(C)N(C)C. The highest BCUT2D eigenvalue weighted by Gasteiger charge is 2.15. The summed E-state index contributed by atoms with van der Waals surface area (Å²) in [5.74, 6) is -0.0649. The van der Waals surface area contributed by atoms with Gasteiger partial charge in [0, 0.05) is 18.7 Å². The van der Waals surface area contributed by atoms with Crippen LogP contribution in [0.15, 0.2) is 12.2 Å². The zero-order valence-electron chi connectivity index (χ0n) is 8.51. The van der Waals surface area contributed by atoms with Crippen LogP contribution in [-0.4, -0.2) is 37.5 Å². The van der Waals surface area contributed by atoms with E-state index in [0.717, 1.165) is 0 Å². The van der Waals surface area contributed by atoms with Crippen molar-refractivity contribution in [2.75, 3.05) is 21.1 Å². The third kappa shape index (κ3) is 3.53. The zero-order chi connectivity index (χ0) is 9.78. The number of nitrogens with one attached hydrogen (secondary N) is 1. The van der Waals surface area contributed by atoms with Crippen molar-refractivity contribution in [3.63, 3.8) is 0 Å². The topological polar surface area (TPSA) is 32.3 Å². The molecule has 0 aromatic carbocycles. The molecule has 0 aromatic rings. The second-order valence-electron chi connectivity index (χ2n) is 3.50. The van der Waals surface area contributed by atoms with Crippen LogP contribution < -0.4 is 5.32 Å². The number of hydrogen-bond donors (Lipinski definition) is 1. The van der Waals surface area contributed by atoms with Crippen LogP contribution in [0.3, 0.4) is 0 Å². The number of hydrogen-bond acceptors (Lipinski definition) is 2. The van der Waals surface area contributed by atoms with Gasteiger partial charge >= 0.3 is 0 Å². The molecule has 0 fully saturated rings. The molecule has 3 heteroatoms. The monoisotopic (exact) mass is 170 g/mol. The normalized spacial score (nSPS) is 12.5. The largest absolute Gasteiger partial charge is 0.356 e. The van der Waals surface area contributed by atoms with Gasteiger partial charge in [-0.05, 0) is 27.9 Å². The Balaban J connectivity index is 4.23. The lowest BCUT2D eigenvalue weighted by Crippen LogP contribution is -2.36. The van der Waals surface area contributed by atoms with Gasteiger partial charge in [0.25, 0.3) is 0 Å². The van der Waals surface area contributed by atoms with Crippen LogP contribution in [0, 0.1) is 0 Å². The lowest BCUT2D eigenvalue weighted by atomic mass is 10.0. The van der Waals surface area contributed by atoms with Gasteiger partial charge in [-0.3, -0.25) is 4.79 Å². The molecule has 0 saturated heterocycles. The molecule has 0 aliphatic rings. The summed E-state index contributed by atoms with van der Waals surface area (Å²) in [5, 5.41) is 2.53. The summed E-state index contributed by atoms with van der Waals surface area (Å²) in [4.78, 5) is 12.9. The third-order valence-corrected chi connectivity index (χ3v) is 2.04. The molecule has 70 valence electrons. The first-order valence-electron chi connectivity index (χ1n) is 3.98. The number of likely N-dealkylation sites (N-methyl/N-ethyl adjacent to an activating group) is 2. The van der Waals surface area contributed by atoms with Crippen LogP contribution in [0.25, 0.3) is 0 Å². The molecule has 0 bridgehead atoms. The van der Waals surface area contributed by atoms with Crippen LogP contribution in [0.4, 0.5) is 0 Å². The zero-order valence-corrected chi connectivity index (χ0v) is 8.51. The quantitative estimate of drug-likeness (QED) is 0.630. The average Bonchev–Trinajstić information content (AvgIpc) is 2.00. The Bertz CT molecular complexity index is 183. The molecule has 0 unspecified atom stereocenters. The second-order valence-corrected chi connectivity index (χ2v) is 3.50. The molecule has 0 aromatic heterocycles. The minimum absolute atomic E-state index is 0.0649. The Kier molecular flexibility index (Phi) is 3.96. The van der Waals surface area contributed by atoms with E-state index in [1.807, 2.05) is 38.9 Å². The highest BCUT2D eigenvalue weighted by atomic mass is 16.1. The number of carbonyl (C=O) groups is 1. The summed E-state index contributed by atoms with van der Waals surface area (Å²) in [7, 11) is 5.58. The van der Waals surface area contributed by atoms with Crippen molar-refractivity contribution in [2.24, 2.45) is 0 Å². The molecule has 0 saturated carbocycles. The van der Waals surface area contributed by atoms with Crippen molar-refractivity contribution < 1.29 is 4.79 Å². The Hall–Kier alpha value is -0.830. The van der Waals surface area contributed by atoms with Crippen LogP contribution in [-0.2, 0) is 4.79 Å². The van der Waals surface area contributed by atoms with Gasteiger partial charge < -0.3 is 10.2 Å². The van der Waals surface area contributed by atoms with E-state index in [-0.39, 0.29) is 11.4 Å². The van der Waals surface area contributed by atoms with Gasteiger partial charge in [0.15, 0.2) is 0 Å². The van der Waals surface area contributed by atoms with Gasteiger partial charge in [0.1, 0.15) is 0 Å². The Labute approximate surface area is 74.4 Å². The molecule has 0 aliphatic heterocycles. The fourth-order valence-electron chi connectivity index (χ4n) is 0.512. The number of nitrogens with zero attached hydrogens (tertiary/aromatic N) is 1. The fourth-order valence-corrected chi connectivity index (χ4v) is 0.512. The summed E-state index contributed by atoms with van der Waals surface area (Å²) in [6, 6.07) is 0. The van der Waals surface area contributed by atoms with Crippen LogP contribution in [0.2, 0.25) is 0 Å². The molecule has 0 rings (SSSR count). The first-order valence-corrected chi connectivity index (χ1v) is 3.98. The number of carbonyl (C=O) groups excluding carboxylic acids is 1. The van der Waals surface area contributed by atoms with Gasteiger partial charge in [0.2, 0.25) is 5.91 Å². The predicted molar refractivity (Wildman–Crippen MR) is 51.0 cm³/mol. The maximum absolute atomic E-state index is 10.9. The molecular weight excluding hydrogens is 152 g/mol. The van der Waals surface area contributed by atoms with Gasteiger partial charge in [-0.15, -0.1) is 0 Å². The van der Waals surface area contributed by atoms with Crippen molar-refractivity contribution in [1.29, 1.82) is 0 Å². The Morgan fingerprint density at radius 1 is 1.42 bits per heavy atom. The van der Waals surface area contributed by atoms with Crippen molar-refractivity contribution in [2.45, 2.75) is 19.4 Å². The maximum atomic E-state index is 10.9. The number of amides is 1. The molecule has 0 aliphatic carbocycles. The fraction of sp³-hybridized carbons (Fsp3) is 0.667. The number of rotatable bonds is 3. The average molecular weight is 170 g/mol. The molecule has 0 heterocycles. The highest BCUT2D eigenvalue weighted by Crippen LogP contribution is 2.10. The van der Waals surface area contributed by atoms with Gasteiger partial charge in [-0.25, -0.2) is 0 Å². The van der Waals surface area contributed by atoms with E-state index >= 15 is 0 Å². The Morgan fingerprint density at radius 2 is 1.92 bits per heavy atom. The Morgan fingerprint density at radius 3 is 2.25 bits per heavy atom. The van der Waals surface area contributed by atoms with Gasteiger partial charge in [0.05, 0.1) is 0 Å². The summed E-state index contributed by atoms with van der Waals surface area (Å²) in [6.45, 7) is 4.10. The van der Waals surface area contributed by atoms with Crippen molar-refractivity contribution in [3.8, 4) is 0 Å². The first kappa shape index (κ1) is 11.2. The predicted octanol–water partition coefficient (Wildman–Crippen LogP) is 0.629. The molecule has 1 N–H and O–H groups in total. The maximum Gasteiger partial charge on any atom is 0.243 e. The standard InChI is InChI=1S/C9H18N2O/c1-9(2,11(4)5)7-6-8(12)10-3/h6-7H,1-5H3,(H,10,12)/b7-6+. The van der Waals surface area contributed by atoms with Gasteiger partial charge in [-0.1, -0.05) is 6.08 Å². The minimum atomic E-state index is -0.0769. The van der Waals surface area contributed by atoms with Crippen LogP contribution in [0.5, 0.6) is 0 Å². The van der Waals surface area contributed by atoms with Gasteiger partial charge in [-0.2, -0.15) is 0 Å². The van der Waals surface area contributed by atoms with E-state index in [1.54, 1.807) is 13.1 Å². The lowest BCUT2D eigenvalue weighted by Gasteiger charge is -2.28. The molecule has 0 spiro atoms. The molecule has 0 radical (unpaired) electrons. The van der Waals surface area contributed by atoms with E-state index in [0.29, 0.717) is 0 Å². The van der Waals surface area contributed by atoms with Crippen molar-refractivity contribution in [3.05, 3.63) is 12.2 Å². The first-order chi connectivity index (χ1) is 5.40. The smallest absolute Gasteiger partial charge is 0.243 e. The van der Waals surface area contributed by atoms with E-state index < -0.39 is 0 Å².